The molecule has 2 rings (SSSR count). The van der Waals surface area contributed by atoms with Crippen molar-refractivity contribution in [2.24, 2.45) is 0 Å². The highest BCUT2D eigenvalue weighted by Gasteiger charge is 2.10. The first-order valence-electron chi connectivity index (χ1n) is 5.31. The Kier molecular flexibility index (Phi) is 6.11. The number of rotatable bonds is 1. The normalized spacial score (nSPS) is 16.2. The average molecular weight is 285 g/mol. The van der Waals surface area contributed by atoms with Crippen LogP contribution in [-0.4, -0.2) is 49.4 Å². The minimum Gasteiger partial charge on any atom is -0.343 e. The van der Waals surface area contributed by atoms with Gasteiger partial charge in [-0.05, 0) is 19.2 Å². The minimum absolute atomic E-state index is 0.889. The van der Waals surface area contributed by atoms with Crippen molar-refractivity contribution in [1.82, 2.24) is 9.80 Å². The van der Waals surface area contributed by atoms with E-state index in [0.717, 1.165) is 37.1 Å². The van der Waals surface area contributed by atoms with Gasteiger partial charge in [-0.3, -0.25) is 4.79 Å². The first-order valence-corrected chi connectivity index (χ1v) is 6.10. The largest absolute Gasteiger partial charge is 0.343 e. The van der Waals surface area contributed by atoms with E-state index in [1.165, 1.54) is 0 Å². The van der Waals surface area contributed by atoms with Crippen molar-refractivity contribution in [2.75, 3.05) is 33.2 Å². The number of nitrogens with zero attached hydrogens (tertiary/aromatic N) is 2. The first kappa shape index (κ1) is 13.2. The van der Waals surface area contributed by atoms with Crippen LogP contribution in [0.25, 0.3) is 0 Å². The minimum atomic E-state index is 0.889. The van der Waals surface area contributed by atoms with Gasteiger partial charge in [0.25, 0.3) is 0 Å². The topological polar surface area (TPSA) is 23.6 Å². The first-order chi connectivity index (χ1) is 7.72. The summed E-state index contributed by atoms with van der Waals surface area (Å²) in [6, 6.07) is 9.97. The summed E-state index contributed by atoms with van der Waals surface area (Å²) in [7, 11) is 2.07. The lowest BCUT2D eigenvalue weighted by Gasteiger charge is -2.29. The molecule has 0 aliphatic carbocycles. The Bertz CT molecular complexity index is 297. The van der Waals surface area contributed by atoms with Crippen molar-refractivity contribution in [3.8, 4) is 0 Å². The molecule has 1 aromatic rings. The number of carbonyl (C=O) groups is 1. The number of likely N-dealkylation sites (N-methyl/N-ethyl adjacent to an activating group) is 1. The maximum atomic E-state index is 10.2. The van der Waals surface area contributed by atoms with E-state index in [-0.39, 0.29) is 0 Å². The Morgan fingerprint density at radius 3 is 2.06 bits per heavy atom. The van der Waals surface area contributed by atoms with Gasteiger partial charge in [-0.1, -0.05) is 34.1 Å². The summed E-state index contributed by atoms with van der Waals surface area (Å²) in [5.74, 6) is 0. The van der Waals surface area contributed by atoms with Crippen LogP contribution in [0.1, 0.15) is 0 Å². The predicted octanol–water partition coefficient (Wildman–Crippen LogP) is 1.84. The van der Waals surface area contributed by atoms with Gasteiger partial charge in [0, 0.05) is 30.7 Å². The summed E-state index contributed by atoms with van der Waals surface area (Å²) >= 11 is 3.31. The molecule has 16 heavy (non-hydrogen) atoms. The molecule has 0 atom stereocenters. The lowest BCUT2D eigenvalue weighted by atomic mass is 10.4. The van der Waals surface area contributed by atoms with E-state index >= 15 is 0 Å². The third-order valence-corrected chi connectivity index (χ3v) is 2.95. The molecule has 0 radical (unpaired) electrons. The van der Waals surface area contributed by atoms with Crippen LogP contribution in [0.5, 0.6) is 0 Å². The fraction of sp³-hybridized carbons (Fsp3) is 0.417. The third kappa shape index (κ3) is 5.28. The van der Waals surface area contributed by atoms with Crippen LogP contribution in [0.4, 0.5) is 0 Å². The molecule has 0 saturated carbocycles. The van der Waals surface area contributed by atoms with E-state index in [4.69, 9.17) is 0 Å². The van der Waals surface area contributed by atoms with Gasteiger partial charge in [-0.25, -0.2) is 0 Å². The monoisotopic (exact) mass is 284 g/mol. The zero-order chi connectivity index (χ0) is 11.8. The van der Waals surface area contributed by atoms with Crippen molar-refractivity contribution in [2.45, 2.75) is 0 Å². The van der Waals surface area contributed by atoms with Crippen LogP contribution in [0, 0.1) is 0 Å². The SMILES string of the molecule is Brc1ccccc1.CN1CCN(C=O)CC1. The summed E-state index contributed by atoms with van der Waals surface area (Å²) in [6.45, 7) is 3.80. The Balaban J connectivity index is 0.000000165. The van der Waals surface area contributed by atoms with Gasteiger partial charge in [-0.2, -0.15) is 0 Å². The van der Waals surface area contributed by atoms with E-state index in [2.05, 4.69) is 27.9 Å². The van der Waals surface area contributed by atoms with Gasteiger partial charge in [-0.15, -0.1) is 0 Å². The molecule has 0 spiro atoms. The number of amides is 1. The Morgan fingerprint density at radius 1 is 1.12 bits per heavy atom. The molecule has 1 heterocycles. The standard InChI is InChI=1S/C6H5Br.C6H12N2O/c7-6-4-2-1-3-5-6;1-7-2-4-8(6-9)5-3-7/h1-5H;6H,2-5H2,1H3. The van der Waals surface area contributed by atoms with Crippen LogP contribution < -0.4 is 0 Å². The Morgan fingerprint density at radius 2 is 1.69 bits per heavy atom. The molecule has 0 bridgehead atoms. The Labute approximate surface area is 105 Å². The molecular weight excluding hydrogens is 268 g/mol. The van der Waals surface area contributed by atoms with Gasteiger partial charge in [0.2, 0.25) is 6.41 Å². The number of carbonyl (C=O) groups excluding carboxylic acids is 1. The van der Waals surface area contributed by atoms with E-state index in [9.17, 15) is 4.79 Å². The molecule has 3 nitrogen and oxygen atoms in total. The highest BCUT2D eigenvalue weighted by atomic mass is 79.9. The van der Waals surface area contributed by atoms with E-state index < -0.39 is 0 Å². The highest BCUT2D eigenvalue weighted by molar-refractivity contribution is 9.10. The number of piperazine rings is 1. The quantitative estimate of drug-likeness (QED) is 0.735. The van der Waals surface area contributed by atoms with Crippen molar-refractivity contribution in [3.63, 3.8) is 0 Å². The lowest BCUT2D eigenvalue weighted by Crippen LogP contribution is -2.43. The molecule has 0 unspecified atom stereocenters. The van der Waals surface area contributed by atoms with Crippen molar-refractivity contribution >= 4 is 22.3 Å². The number of hydrogen-bond acceptors (Lipinski definition) is 2. The molecule has 1 amide bonds. The molecule has 0 N–H and O–H groups in total. The number of benzene rings is 1. The second-order valence-corrected chi connectivity index (χ2v) is 4.66. The molecular formula is C12H17BrN2O. The Hall–Kier alpha value is -0.870. The molecule has 1 fully saturated rings. The third-order valence-electron chi connectivity index (χ3n) is 2.42. The highest BCUT2D eigenvalue weighted by Crippen LogP contribution is 2.05. The fourth-order valence-electron chi connectivity index (χ4n) is 1.34. The second kappa shape index (κ2) is 7.41. The summed E-state index contributed by atoms with van der Waals surface area (Å²) < 4.78 is 1.13. The molecule has 88 valence electrons. The summed E-state index contributed by atoms with van der Waals surface area (Å²) in [5, 5.41) is 0. The van der Waals surface area contributed by atoms with Gasteiger partial charge < -0.3 is 9.80 Å². The van der Waals surface area contributed by atoms with Crippen molar-refractivity contribution in [3.05, 3.63) is 34.8 Å². The van der Waals surface area contributed by atoms with Crippen LogP contribution in [0.2, 0.25) is 0 Å². The summed E-state index contributed by atoms with van der Waals surface area (Å²) in [4.78, 5) is 14.2. The number of halogens is 1. The summed E-state index contributed by atoms with van der Waals surface area (Å²) in [6.07, 6.45) is 0.924. The van der Waals surface area contributed by atoms with Gasteiger partial charge in [0.15, 0.2) is 0 Å². The zero-order valence-corrected chi connectivity index (χ0v) is 11.1. The fourth-order valence-corrected chi connectivity index (χ4v) is 1.65. The van der Waals surface area contributed by atoms with E-state index in [1.54, 1.807) is 4.90 Å². The second-order valence-electron chi connectivity index (χ2n) is 3.74. The maximum Gasteiger partial charge on any atom is 0.209 e. The average Bonchev–Trinajstić information content (AvgIpc) is 2.32. The predicted molar refractivity (Wildman–Crippen MR) is 69.3 cm³/mol. The summed E-state index contributed by atoms with van der Waals surface area (Å²) in [5.41, 5.74) is 0. The van der Waals surface area contributed by atoms with E-state index in [0.29, 0.717) is 0 Å². The van der Waals surface area contributed by atoms with Crippen molar-refractivity contribution in [1.29, 1.82) is 0 Å². The molecule has 1 saturated heterocycles. The van der Waals surface area contributed by atoms with Gasteiger partial charge >= 0.3 is 0 Å². The molecule has 0 aromatic heterocycles. The molecule has 1 aromatic carbocycles. The number of hydrogen-bond donors (Lipinski definition) is 0. The lowest BCUT2D eigenvalue weighted by molar-refractivity contribution is -0.119. The van der Waals surface area contributed by atoms with E-state index in [1.807, 2.05) is 30.3 Å². The zero-order valence-electron chi connectivity index (χ0n) is 9.47. The van der Waals surface area contributed by atoms with Gasteiger partial charge in [0.1, 0.15) is 0 Å². The van der Waals surface area contributed by atoms with Crippen molar-refractivity contribution < 1.29 is 4.79 Å². The van der Waals surface area contributed by atoms with Crippen LogP contribution in [-0.2, 0) is 4.79 Å². The smallest absolute Gasteiger partial charge is 0.209 e. The molecule has 1 aliphatic heterocycles. The maximum absolute atomic E-state index is 10.2. The molecule has 1 aliphatic rings. The molecule has 4 heteroatoms. The van der Waals surface area contributed by atoms with Crippen LogP contribution in [0.15, 0.2) is 34.8 Å². The van der Waals surface area contributed by atoms with Crippen LogP contribution in [0.3, 0.4) is 0 Å². The van der Waals surface area contributed by atoms with Crippen LogP contribution >= 0.6 is 15.9 Å². The van der Waals surface area contributed by atoms with Gasteiger partial charge in [0.05, 0.1) is 0 Å².